The molecule has 1 aromatic carbocycles. The topological polar surface area (TPSA) is 96.5 Å². The average molecular weight is 401 g/mol. The van der Waals surface area contributed by atoms with E-state index in [4.69, 9.17) is 9.47 Å². The van der Waals surface area contributed by atoms with E-state index in [1.165, 1.54) is 0 Å². The highest BCUT2D eigenvalue weighted by Gasteiger charge is 2.45. The Morgan fingerprint density at radius 3 is 2.55 bits per heavy atom. The van der Waals surface area contributed by atoms with E-state index in [2.05, 4.69) is 0 Å². The summed E-state index contributed by atoms with van der Waals surface area (Å²) in [4.78, 5) is 52.8. The maximum atomic E-state index is 12.9. The Morgan fingerprint density at radius 2 is 1.79 bits per heavy atom. The van der Waals surface area contributed by atoms with Crippen LogP contribution in [0.25, 0.3) is 0 Å². The van der Waals surface area contributed by atoms with E-state index >= 15 is 0 Å². The fourth-order valence-electron chi connectivity index (χ4n) is 4.02. The highest BCUT2D eigenvalue weighted by Crippen LogP contribution is 2.38. The van der Waals surface area contributed by atoms with Crippen LogP contribution in [0.5, 0.6) is 11.5 Å². The Balaban J connectivity index is 1.49. The van der Waals surface area contributed by atoms with E-state index in [1.807, 2.05) is 18.2 Å². The molecular formula is C20H23N3O6. The summed E-state index contributed by atoms with van der Waals surface area (Å²) >= 11 is 0. The Hall–Kier alpha value is -3.10. The number of fused-ring (bicyclic) bond motifs is 1. The van der Waals surface area contributed by atoms with E-state index in [0.29, 0.717) is 37.7 Å². The van der Waals surface area contributed by atoms with Gasteiger partial charge in [0, 0.05) is 13.1 Å². The lowest BCUT2D eigenvalue weighted by molar-refractivity contribution is -0.145. The van der Waals surface area contributed by atoms with Gasteiger partial charge in [-0.3, -0.25) is 19.3 Å². The number of benzene rings is 1. The molecule has 154 valence electrons. The van der Waals surface area contributed by atoms with Crippen LogP contribution in [-0.2, 0) is 14.4 Å². The largest absolute Gasteiger partial charge is 0.486 e. The smallest absolute Gasteiger partial charge is 0.334 e. The standard InChI is InChI=1S/C20H23N3O6/c1-2-7-22-18(25)19(26)23(20(22)27)12-17(24)21-8-3-4-14(21)13-5-6-15-16(11-13)29-10-9-28-15/h5-6,11,14H,2-4,7-10,12H2,1H3. The van der Waals surface area contributed by atoms with Crippen LogP contribution in [0.2, 0.25) is 0 Å². The lowest BCUT2D eigenvalue weighted by Gasteiger charge is -2.28. The van der Waals surface area contributed by atoms with Gasteiger partial charge < -0.3 is 14.4 Å². The third-order valence-corrected chi connectivity index (χ3v) is 5.40. The molecule has 3 aliphatic heterocycles. The van der Waals surface area contributed by atoms with Crippen molar-refractivity contribution in [3.05, 3.63) is 23.8 Å². The normalized spacial score (nSPS) is 21.3. The molecule has 1 aromatic rings. The van der Waals surface area contributed by atoms with Gasteiger partial charge in [0.25, 0.3) is 0 Å². The van der Waals surface area contributed by atoms with E-state index in [0.717, 1.165) is 28.2 Å². The molecule has 1 atom stereocenters. The van der Waals surface area contributed by atoms with Gasteiger partial charge in [-0.1, -0.05) is 13.0 Å². The molecule has 9 heteroatoms. The summed E-state index contributed by atoms with van der Waals surface area (Å²) in [6.07, 6.45) is 2.13. The van der Waals surface area contributed by atoms with Gasteiger partial charge in [0.05, 0.1) is 6.04 Å². The lowest BCUT2D eigenvalue weighted by atomic mass is 10.0. The van der Waals surface area contributed by atoms with Gasteiger partial charge in [-0.2, -0.15) is 0 Å². The number of amides is 5. The number of urea groups is 1. The van der Waals surface area contributed by atoms with Crippen molar-refractivity contribution >= 4 is 23.8 Å². The predicted octanol–water partition coefficient (Wildman–Crippen LogP) is 1.32. The lowest BCUT2D eigenvalue weighted by Crippen LogP contribution is -2.43. The van der Waals surface area contributed by atoms with Crippen LogP contribution >= 0.6 is 0 Å². The summed E-state index contributed by atoms with van der Waals surface area (Å²) in [5, 5.41) is 0. The molecule has 0 N–H and O–H groups in total. The summed E-state index contributed by atoms with van der Waals surface area (Å²) in [5.74, 6) is -0.825. The highest BCUT2D eigenvalue weighted by atomic mass is 16.6. The van der Waals surface area contributed by atoms with Crippen molar-refractivity contribution in [3.8, 4) is 11.5 Å². The molecule has 4 rings (SSSR count). The molecule has 2 saturated heterocycles. The number of rotatable bonds is 5. The van der Waals surface area contributed by atoms with Gasteiger partial charge in [-0.05, 0) is 37.0 Å². The van der Waals surface area contributed by atoms with E-state index in [1.54, 1.807) is 11.8 Å². The summed E-state index contributed by atoms with van der Waals surface area (Å²) in [7, 11) is 0. The highest BCUT2D eigenvalue weighted by molar-refractivity contribution is 6.45. The maximum Gasteiger partial charge on any atom is 0.334 e. The van der Waals surface area contributed by atoms with Crippen molar-refractivity contribution in [2.45, 2.75) is 32.2 Å². The molecule has 0 radical (unpaired) electrons. The Bertz CT molecular complexity index is 870. The molecule has 0 aromatic heterocycles. The van der Waals surface area contributed by atoms with Crippen LogP contribution in [0, 0.1) is 0 Å². The van der Waals surface area contributed by atoms with Crippen LogP contribution in [0.15, 0.2) is 18.2 Å². The van der Waals surface area contributed by atoms with Gasteiger partial charge in [0.15, 0.2) is 11.5 Å². The molecule has 29 heavy (non-hydrogen) atoms. The zero-order chi connectivity index (χ0) is 20.5. The first-order chi connectivity index (χ1) is 14.0. The first-order valence-electron chi connectivity index (χ1n) is 9.87. The summed E-state index contributed by atoms with van der Waals surface area (Å²) in [6.45, 7) is 3.06. The van der Waals surface area contributed by atoms with Crippen molar-refractivity contribution in [1.29, 1.82) is 0 Å². The van der Waals surface area contributed by atoms with E-state index < -0.39 is 24.4 Å². The molecular weight excluding hydrogens is 378 g/mol. The Kier molecular flexibility index (Phi) is 5.12. The van der Waals surface area contributed by atoms with Crippen molar-refractivity contribution in [2.24, 2.45) is 0 Å². The number of carbonyl (C=O) groups excluding carboxylic acids is 4. The quantitative estimate of drug-likeness (QED) is 0.545. The van der Waals surface area contributed by atoms with Crippen LogP contribution < -0.4 is 9.47 Å². The average Bonchev–Trinajstić information content (AvgIpc) is 3.30. The third kappa shape index (κ3) is 3.41. The summed E-state index contributed by atoms with van der Waals surface area (Å²) < 4.78 is 11.2. The minimum Gasteiger partial charge on any atom is -0.486 e. The summed E-state index contributed by atoms with van der Waals surface area (Å²) in [5.41, 5.74) is 0.919. The number of carbonyl (C=O) groups is 4. The second-order valence-corrected chi connectivity index (χ2v) is 7.28. The van der Waals surface area contributed by atoms with Crippen molar-refractivity contribution < 1.29 is 28.7 Å². The molecule has 3 aliphatic rings. The van der Waals surface area contributed by atoms with Crippen molar-refractivity contribution in [2.75, 3.05) is 32.8 Å². The summed E-state index contributed by atoms with van der Waals surface area (Å²) in [6, 6.07) is 4.73. The van der Waals surface area contributed by atoms with E-state index in [-0.39, 0.29) is 18.5 Å². The number of nitrogens with zero attached hydrogens (tertiary/aromatic N) is 3. The number of ether oxygens (including phenoxy) is 2. The van der Waals surface area contributed by atoms with Crippen LogP contribution in [-0.4, -0.2) is 71.3 Å². The van der Waals surface area contributed by atoms with Gasteiger partial charge in [-0.25, -0.2) is 9.69 Å². The van der Waals surface area contributed by atoms with Crippen molar-refractivity contribution in [3.63, 3.8) is 0 Å². The van der Waals surface area contributed by atoms with Crippen molar-refractivity contribution in [1.82, 2.24) is 14.7 Å². The van der Waals surface area contributed by atoms with E-state index in [9.17, 15) is 19.2 Å². The third-order valence-electron chi connectivity index (χ3n) is 5.40. The van der Waals surface area contributed by atoms with Gasteiger partial charge in [0.1, 0.15) is 19.8 Å². The second kappa shape index (κ2) is 7.73. The van der Waals surface area contributed by atoms with Crippen LogP contribution in [0.1, 0.15) is 37.8 Å². The predicted molar refractivity (Wildman–Crippen MR) is 100 cm³/mol. The van der Waals surface area contributed by atoms with Crippen LogP contribution in [0.4, 0.5) is 4.79 Å². The Labute approximate surface area is 168 Å². The first-order valence-corrected chi connectivity index (χ1v) is 9.87. The van der Waals surface area contributed by atoms with Gasteiger partial charge in [-0.15, -0.1) is 0 Å². The molecule has 2 fully saturated rings. The fourth-order valence-corrected chi connectivity index (χ4v) is 4.02. The second-order valence-electron chi connectivity index (χ2n) is 7.28. The molecule has 0 saturated carbocycles. The van der Waals surface area contributed by atoms with Gasteiger partial charge in [0.2, 0.25) is 5.91 Å². The van der Waals surface area contributed by atoms with Gasteiger partial charge >= 0.3 is 17.8 Å². The monoisotopic (exact) mass is 401 g/mol. The minimum absolute atomic E-state index is 0.164. The Morgan fingerprint density at radius 1 is 1.07 bits per heavy atom. The molecule has 3 heterocycles. The first kappa shape index (κ1) is 19.2. The number of hydrogen-bond acceptors (Lipinski definition) is 6. The number of hydrogen-bond donors (Lipinski definition) is 0. The minimum atomic E-state index is -0.938. The molecule has 0 aliphatic carbocycles. The maximum absolute atomic E-state index is 12.9. The number of imide groups is 2. The zero-order valence-corrected chi connectivity index (χ0v) is 16.3. The zero-order valence-electron chi connectivity index (χ0n) is 16.3. The number of likely N-dealkylation sites (tertiary alicyclic amines) is 1. The van der Waals surface area contributed by atoms with Crippen LogP contribution in [0.3, 0.4) is 0 Å². The molecule has 0 spiro atoms. The molecule has 5 amide bonds. The molecule has 0 bridgehead atoms. The molecule has 1 unspecified atom stereocenters. The fraction of sp³-hybridized carbons (Fsp3) is 0.500. The molecule has 9 nitrogen and oxygen atoms in total. The SMILES string of the molecule is CCCN1C(=O)C(=O)N(CC(=O)N2CCCC2c2ccc3c(c2)OCCO3)C1=O.